The van der Waals surface area contributed by atoms with Crippen molar-refractivity contribution in [1.29, 1.82) is 0 Å². The van der Waals surface area contributed by atoms with E-state index in [-0.39, 0.29) is 35.2 Å². The van der Waals surface area contributed by atoms with Crippen LogP contribution in [0.4, 0.5) is 5.69 Å². The van der Waals surface area contributed by atoms with Crippen molar-refractivity contribution < 1.29 is 24.2 Å². The molecule has 6 rings (SSSR count). The number of alkyl halides is 1. The number of nitrogens with one attached hydrogen (secondary N) is 2. The van der Waals surface area contributed by atoms with E-state index in [1.807, 2.05) is 48.5 Å². The van der Waals surface area contributed by atoms with Crippen LogP contribution < -0.4 is 10.6 Å². The number of ether oxygens (including phenoxy) is 1. The van der Waals surface area contributed by atoms with Crippen LogP contribution in [0.2, 0.25) is 0 Å². The summed E-state index contributed by atoms with van der Waals surface area (Å²) in [6.45, 7) is -0.353. The molecule has 3 N–H and O–H groups in total. The van der Waals surface area contributed by atoms with Crippen LogP contribution >= 0.6 is 15.9 Å². The molecular formula is C30H34BrN3O5. The van der Waals surface area contributed by atoms with Crippen molar-refractivity contribution in [3.63, 3.8) is 0 Å². The normalized spacial score (nSPS) is 32.6. The van der Waals surface area contributed by atoms with Crippen LogP contribution in [0.3, 0.4) is 0 Å². The van der Waals surface area contributed by atoms with Gasteiger partial charge in [0.25, 0.3) is 0 Å². The molecule has 4 fully saturated rings. The molecule has 4 aliphatic rings. The van der Waals surface area contributed by atoms with Crippen LogP contribution in [-0.4, -0.2) is 63.0 Å². The lowest BCUT2D eigenvalue weighted by Crippen LogP contribution is -2.58. The highest BCUT2D eigenvalue weighted by atomic mass is 79.9. The van der Waals surface area contributed by atoms with Crippen LogP contribution in [0.5, 0.6) is 0 Å². The maximum absolute atomic E-state index is 14.4. The second kappa shape index (κ2) is 10.7. The first-order valence-corrected chi connectivity index (χ1v) is 14.8. The number of halogens is 1. The highest BCUT2D eigenvalue weighted by Gasteiger charge is 2.77. The highest BCUT2D eigenvalue weighted by Crippen LogP contribution is 2.61. The number of carbonyl (C=O) groups excluding carboxylic acids is 3. The lowest BCUT2D eigenvalue weighted by Gasteiger charge is -2.38. The molecule has 2 aromatic rings. The minimum atomic E-state index is -1.17. The van der Waals surface area contributed by atoms with Crippen LogP contribution in [0.15, 0.2) is 60.7 Å². The summed E-state index contributed by atoms with van der Waals surface area (Å²) in [4.78, 5) is 43.6. The third-order valence-corrected chi connectivity index (χ3v) is 9.81. The maximum atomic E-state index is 14.4. The molecule has 1 spiro atoms. The van der Waals surface area contributed by atoms with Crippen molar-refractivity contribution in [2.45, 2.75) is 73.2 Å². The van der Waals surface area contributed by atoms with Gasteiger partial charge in [0.1, 0.15) is 11.6 Å². The van der Waals surface area contributed by atoms with E-state index in [2.05, 4.69) is 26.6 Å². The van der Waals surface area contributed by atoms with E-state index < -0.39 is 35.6 Å². The summed E-state index contributed by atoms with van der Waals surface area (Å²) in [6.07, 6.45) is 4.95. The first-order chi connectivity index (χ1) is 18.9. The van der Waals surface area contributed by atoms with Crippen LogP contribution in [0, 0.1) is 11.8 Å². The smallest absolute Gasteiger partial charge is 0.246 e. The molecule has 9 heteroatoms. The minimum Gasteiger partial charge on any atom is -0.394 e. The van der Waals surface area contributed by atoms with E-state index in [4.69, 9.17) is 4.74 Å². The Kier molecular flexibility index (Phi) is 7.24. The number of aliphatic hydroxyl groups excluding tert-OH is 1. The molecule has 3 amide bonds. The predicted molar refractivity (Wildman–Crippen MR) is 149 cm³/mol. The molecule has 206 valence electrons. The number of rotatable bonds is 7. The van der Waals surface area contributed by atoms with Gasteiger partial charge in [0, 0.05) is 16.6 Å². The number of benzene rings is 2. The van der Waals surface area contributed by atoms with Crippen molar-refractivity contribution in [3.05, 3.63) is 66.2 Å². The summed E-state index contributed by atoms with van der Waals surface area (Å²) in [6, 6.07) is 16.7. The minimum absolute atomic E-state index is 0.0403. The first kappa shape index (κ1) is 26.5. The zero-order chi connectivity index (χ0) is 27.1. The summed E-state index contributed by atoms with van der Waals surface area (Å²) in [7, 11) is 0. The van der Waals surface area contributed by atoms with Gasteiger partial charge in [-0.25, -0.2) is 0 Å². The van der Waals surface area contributed by atoms with E-state index in [1.165, 1.54) is 4.90 Å². The lowest BCUT2D eigenvalue weighted by atomic mass is 9.70. The molecule has 3 heterocycles. The Morgan fingerprint density at radius 2 is 1.69 bits per heavy atom. The maximum Gasteiger partial charge on any atom is 0.246 e. The van der Waals surface area contributed by atoms with Gasteiger partial charge in [0.15, 0.2) is 0 Å². The van der Waals surface area contributed by atoms with Gasteiger partial charge in [0.2, 0.25) is 17.7 Å². The largest absolute Gasteiger partial charge is 0.394 e. The van der Waals surface area contributed by atoms with Crippen molar-refractivity contribution in [3.8, 4) is 0 Å². The third kappa shape index (κ3) is 4.48. The topological polar surface area (TPSA) is 108 Å². The van der Waals surface area contributed by atoms with Crippen LogP contribution in [0.25, 0.3) is 0 Å². The first-order valence-electron chi connectivity index (χ1n) is 13.9. The summed E-state index contributed by atoms with van der Waals surface area (Å²) < 4.78 is 6.61. The molecule has 7 atom stereocenters. The molecule has 1 aliphatic carbocycles. The Labute approximate surface area is 236 Å². The molecule has 39 heavy (non-hydrogen) atoms. The number of anilines is 1. The zero-order valence-corrected chi connectivity index (χ0v) is 23.3. The Morgan fingerprint density at radius 3 is 2.36 bits per heavy atom. The fourth-order valence-corrected chi connectivity index (χ4v) is 8.25. The molecule has 0 radical (unpaired) electrons. The third-order valence-electron chi connectivity index (χ3n) is 8.96. The van der Waals surface area contributed by atoms with Crippen molar-refractivity contribution in [2.24, 2.45) is 11.8 Å². The monoisotopic (exact) mass is 595 g/mol. The van der Waals surface area contributed by atoms with Gasteiger partial charge in [-0.2, -0.15) is 0 Å². The molecule has 3 saturated heterocycles. The quantitative estimate of drug-likeness (QED) is 0.424. The predicted octanol–water partition coefficient (Wildman–Crippen LogP) is 3.56. The molecule has 0 aromatic heterocycles. The number of hydrogen-bond acceptors (Lipinski definition) is 5. The number of aliphatic hydroxyl groups is 1. The Hall–Kier alpha value is -2.75. The number of hydrogen-bond donors (Lipinski definition) is 3. The second-order valence-electron chi connectivity index (χ2n) is 11.2. The fourth-order valence-electron chi connectivity index (χ4n) is 7.31. The fraction of sp³-hybridized carbons (Fsp3) is 0.500. The number of amides is 3. The molecular weight excluding hydrogens is 562 g/mol. The van der Waals surface area contributed by atoms with Gasteiger partial charge < -0.3 is 25.4 Å². The van der Waals surface area contributed by atoms with E-state index in [0.29, 0.717) is 12.1 Å². The molecule has 3 aliphatic heterocycles. The average Bonchev–Trinajstić information content (AvgIpc) is 3.54. The van der Waals surface area contributed by atoms with Gasteiger partial charge in [-0.05, 0) is 37.0 Å². The molecule has 1 saturated carbocycles. The molecule has 2 bridgehead atoms. The number of nitrogens with zero attached hydrogens (tertiary/aromatic N) is 1. The van der Waals surface area contributed by atoms with Gasteiger partial charge in [-0.3, -0.25) is 14.4 Å². The molecule has 8 nitrogen and oxygen atoms in total. The zero-order valence-electron chi connectivity index (χ0n) is 21.7. The average molecular weight is 597 g/mol. The summed E-state index contributed by atoms with van der Waals surface area (Å²) in [5.41, 5.74) is 0.197. The van der Waals surface area contributed by atoms with Crippen LogP contribution in [0.1, 0.15) is 50.1 Å². The second-order valence-corrected chi connectivity index (χ2v) is 12.4. The highest BCUT2D eigenvalue weighted by molar-refractivity contribution is 9.09. The van der Waals surface area contributed by atoms with Crippen LogP contribution in [-0.2, 0) is 19.1 Å². The summed E-state index contributed by atoms with van der Waals surface area (Å²) in [5.74, 6) is -2.50. The number of likely N-dealkylation sites (tertiary alicyclic amines) is 1. The summed E-state index contributed by atoms with van der Waals surface area (Å²) in [5, 5.41) is 16.8. The molecule has 2 aromatic carbocycles. The Morgan fingerprint density at radius 1 is 1.03 bits per heavy atom. The van der Waals surface area contributed by atoms with E-state index in [0.717, 1.165) is 37.7 Å². The SMILES string of the molecule is O=C(NC1CCCCC1)C1N([C@H](CO)c2ccccc2)C(=O)[C@@H]2[C@@H](C(=O)Nc3ccccc3)[C@@H]3OC12CC3Br. The Balaban J connectivity index is 1.39. The Bertz CT molecular complexity index is 1220. The standard InChI is InChI=1S/C30H34BrN3O5/c31-21-16-30-24(23(25(21)39-30)27(36)32-19-12-6-2-7-13-19)29(38)34(22(17-35)18-10-4-1-5-11-18)26(30)28(37)33-20-14-8-3-9-15-20/h1-2,4-7,10-13,20-26,35H,3,8-9,14-17H2,(H,32,36)(H,33,37)/t21?,22-,23-,24+,25-,26?,30?/m1/s1. The lowest BCUT2D eigenvalue weighted by molar-refractivity contribution is -0.145. The van der Waals surface area contributed by atoms with Crippen molar-refractivity contribution in [2.75, 3.05) is 11.9 Å². The van der Waals surface area contributed by atoms with E-state index in [9.17, 15) is 19.5 Å². The molecule has 3 unspecified atom stereocenters. The van der Waals surface area contributed by atoms with Gasteiger partial charge in [0.05, 0.1) is 30.6 Å². The number of carbonyl (C=O) groups is 3. The van der Waals surface area contributed by atoms with Gasteiger partial charge in [-0.15, -0.1) is 0 Å². The van der Waals surface area contributed by atoms with Crippen molar-refractivity contribution >= 4 is 39.3 Å². The number of para-hydroxylation sites is 1. The summed E-state index contributed by atoms with van der Waals surface area (Å²) >= 11 is 3.72. The van der Waals surface area contributed by atoms with Gasteiger partial charge in [-0.1, -0.05) is 83.7 Å². The van der Waals surface area contributed by atoms with Gasteiger partial charge >= 0.3 is 0 Å². The van der Waals surface area contributed by atoms with E-state index >= 15 is 0 Å². The van der Waals surface area contributed by atoms with E-state index in [1.54, 1.807) is 12.1 Å². The number of fused-ring (bicyclic) bond motifs is 1. The van der Waals surface area contributed by atoms with Crippen molar-refractivity contribution in [1.82, 2.24) is 10.2 Å².